The van der Waals surface area contributed by atoms with Crippen molar-refractivity contribution in [3.05, 3.63) is 94.3 Å². The lowest BCUT2D eigenvalue weighted by Gasteiger charge is -2.10. The molecule has 0 aromatic heterocycles. The number of nitro benzene ring substituents is 1. The zero-order chi connectivity index (χ0) is 18.5. The van der Waals surface area contributed by atoms with Gasteiger partial charge in [-0.05, 0) is 48.5 Å². The highest BCUT2D eigenvalue weighted by molar-refractivity contribution is 6.04. The second kappa shape index (κ2) is 7.43. The molecule has 130 valence electrons. The van der Waals surface area contributed by atoms with Gasteiger partial charge in [-0.25, -0.2) is 4.39 Å². The van der Waals surface area contributed by atoms with Gasteiger partial charge in [0, 0.05) is 23.0 Å². The van der Waals surface area contributed by atoms with Crippen LogP contribution in [-0.4, -0.2) is 10.8 Å². The van der Waals surface area contributed by atoms with Gasteiger partial charge < -0.3 is 10.6 Å². The number of nitrogens with one attached hydrogen (secondary N) is 2. The molecule has 3 aromatic rings. The summed E-state index contributed by atoms with van der Waals surface area (Å²) in [5, 5.41) is 16.9. The molecule has 2 N–H and O–H groups in total. The molecule has 0 atom stereocenters. The Morgan fingerprint density at radius 2 is 1.58 bits per heavy atom. The van der Waals surface area contributed by atoms with Crippen LogP contribution in [0, 0.1) is 15.9 Å². The van der Waals surface area contributed by atoms with Crippen LogP contribution in [0.25, 0.3) is 0 Å². The number of amides is 1. The first-order valence-electron chi connectivity index (χ1n) is 7.70. The molecule has 0 aliphatic heterocycles. The molecule has 0 bridgehead atoms. The van der Waals surface area contributed by atoms with Gasteiger partial charge >= 0.3 is 0 Å². The fraction of sp³-hybridized carbons (Fsp3) is 0. The summed E-state index contributed by atoms with van der Waals surface area (Å²) in [6.45, 7) is 0. The number of halogens is 1. The molecule has 1 amide bonds. The molecule has 0 aliphatic rings. The molecule has 0 radical (unpaired) electrons. The summed E-state index contributed by atoms with van der Waals surface area (Å²) >= 11 is 0. The normalized spacial score (nSPS) is 10.2. The van der Waals surface area contributed by atoms with E-state index in [0.717, 1.165) is 0 Å². The maximum Gasteiger partial charge on any atom is 0.294 e. The summed E-state index contributed by atoms with van der Waals surface area (Å²) in [5.74, 6) is -0.761. The number of rotatable bonds is 5. The van der Waals surface area contributed by atoms with Crippen molar-refractivity contribution in [2.75, 3.05) is 10.6 Å². The zero-order valence-corrected chi connectivity index (χ0v) is 13.5. The number of carbonyl (C=O) groups is 1. The Kier molecular flexibility index (Phi) is 4.89. The topological polar surface area (TPSA) is 84.3 Å². The molecule has 3 aromatic carbocycles. The van der Waals surface area contributed by atoms with Crippen LogP contribution < -0.4 is 10.6 Å². The van der Waals surface area contributed by atoms with Crippen molar-refractivity contribution in [2.24, 2.45) is 0 Å². The summed E-state index contributed by atoms with van der Waals surface area (Å²) in [6, 6.07) is 18.3. The molecular formula is C19H14FN3O3. The maximum atomic E-state index is 13.0. The molecule has 0 saturated heterocycles. The Morgan fingerprint density at radius 1 is 0.923 bits per heavy atom. The fourth-order valence-corrected chi connectivity index (χ4v) is 2.35. The van der Waals surface area contributed by atoms with E-state index in [1.165, 1.54) is 36.4 Å². The number of carbonyl (C=O) groups excluding carboxylic acids is 1. The van der Waals surface area contributed by atoms with Gasteiger partial charge in [0.2, 0.25) is 0 Å². The number of hydrogen-bond donors (Lipinski definition) is 2. The Balaban J connectivity index is 1.83. The average Bonchev–Trinajstić information content (AvgIpc) is 2.65. The number of benzene rings is 3. The van der Waals surface area contributed by atoms with Gasteiger partial charge in [0.05, 0.1) is 4.92 Å². The molecule has 26 heavy (non-hydrogen) atoms. The van der Waals surface area contributed by atoms with E-state index in [1.807, 2.05) is 0 Å². The minimum atomic E-state index is -0.552. The molecule has 0 saturated carbocycles. The predicted octanol–water partition coefficient (Wildman–Crippen LogP) is 4.73. The summed E-state index contributed by atoms with van der Waals surface area (Å²) in [7, 11) is 0. The molecule has 6 nitrogen and oxygen atoms in total. The van der Waals surface area contributed by atoms with E-state index in [9.17, 15) is 19.3 Å². The van der Waals surface area contributed by atoms with E-state index in [1.54, 1.807) is 36.4 Å². The second-order valence-electron chi connectivity index (χ2n) is 5.44. The minimum Gasteiger partial charge on any atom is -0.350 e. The Labute approximate surface area is 148 Å². The molecule has 0 spiro atoms. The summed E-state index contributed by atoms with van der Waals surface area (Å²) in [6.07, 6.45) is 0. The van der Waals surface area contributed by atoms with Gasteiger partial charge in [0.15, 0.2) is 0 Å². The van der Waals surface area contributed by atoms with E-state index in [2.05, 4.69) is 10.6 Å². The smallest absolute Gasteiger partial charge is 0.294 e. The van der Waals surface area contributed by atoms with Crippen molar-refractivity contribution in [3.63, 3.8) is 0 Å². The monoisotopic (exact) mass is 351 g/mol. The largest absolute Gasteiger partial charge is 0.350 e. The van der Waals surface area contributed by atoms with E-state index in [0.29, 0.717) is 16.9 Å². The summed E-state index contributed by atoms with van der Waals surface area (Å²) < 4.78 is 13.0. The first-order chi connectivity index (χ1) is 12.5. The van der Waals surface area contributed by atoms with Crippen molar-refractivity contribution in [2.45, 2.75) is 0 Å². The van der Waals surface area contributed by atoms with Crippen molar-refractivity contribution >= 4 is 28.7 Å². The first kappa shape index (κ1) is 17.1. The molecule has 7 heteroatoms. The lowest BCUT2D eigenvalue weighted by atomic mass is 10.2. The van der Waals surface area contributed by atoms with Gasteiger partial charge in [-0.2, -0.15) is 0 Å². The van der Waals surface area contributed by atoms with Crippen LogP contribution in [0.4, 0.5) is 27.1 Å². The predicted molar refractivity (Wildman–Crippen MR) is 97.2 cm³/mol. The molecule has 0 unspecified atom stereocenters. The number of nitro groups is 1. The average molecular weight is 351 g/mol. The fourth-order valence-electron chi connectivity index (χ4n) is 2.35. The highest BCUT2D eigenvalue weighted by Crippen LogP contribution is 2.30. The lowest BCUT2D eigenvalue weighted by Crippen LogP contribution is -2.12. The van der Waals surface area contributed by atoms with Crippen LogP contribution in [0.15, 0.2) is 72.8 Å². The zero-order valence-electron chi connectivity index (χ0n) is 13.5. The van der Waals surface area contributed by atoms with Crippen LogP contribution in [0.5, 0.6) is 0 Å². The highest BCUT2D eigenvalue weighted by Gasteiger charge is 2.16. The van der Waals surface area contributed by atoms with Gasteiger partial charge in [-0.3, -0.25) is 14.9 Å². The third-order valence-corrected chi connectivity index (χ3v) is 3.61. The van der Waals surface area contributed by atoms with E-state index in [-0.39, 0.29) is 17.3 Å². The van der Waals surface area contributed by atoms with Gasteiger partial charge in [0.1, 0.15) is 11.5 Å². The van der Waals surface area contributed by atoms with E-state index in [4.69, 9.17) is 0 Å². The van der Waals surface area contributed by atoms with E-state index >= 15 is 0 Å². The Morgan fingerprint density at radius 3 is 2.23 bits per heavy atom. The highest BCUT2D eigenvalue weighted by atomic mass is 19.1. The van der Waals surface area contributed by atoms with Crippen molar-refractivity contribution in [3.8, 4) is 0 Å². The SMILES string of the molecule is O=C(Nc1ccc(Nc2ccc(F)cc2)c([N+](=O)[O-])c1)c1ccccc1. The number of hydrogen-bond acceptors (Lipinski definition) is 4. The standard InChI is InChI=1S/C19H14FN3O3/c20-14-6-8-15(9-7-14)21-17-11-10-16(12-18(17)23(25)26)22-19(24)13-4-2-1-3-5-13/h1-12,21H,(H,22,24). The lowest BCUT2D eigenvalue weighted by molar-refractivity contribution is -0.383. The molecule has 0 aliphatic carbocycles. The molecule has 0 heterocycles. The van der Waals surface area contributed by atoms with Crippen LogP contribution in [0.1, 0.15) is 10.4 Å². The Hall–Kier alpha value is -3.74. The molecular weight excluding hydrogens is 337 g/mol. The van der Waals surface area contributed by atoms with Gasteiger partial charge in [-0.15, -0.1) is 0 Å². The van der Waals surface area contributed by atoms with Crippen molar-refractivity contribution < 1.29 is 14.1 Å². The second-order valence-corrected chi connectivity index (χ2v) is 5.44. The van der Waals surface area contributed by atoms with Crippen LogP contribution in [0.2, 0.25) is 0 Å². The third kappa shape index (κ3) is 4.02. The summed E-state index contributed by atoms with van der Waals surface area (Å²) in [4.78, 5) is 23.0. The van der Waals surface area contributed by atoms with Crippen LogP contribution in [0.3, 0.4) is 0 Å². The van der Waals surface area contributed by atoms with Crippen molar-refractivity contribution in [1.29, 1.82) is 0 Å². The van der Waals surface area contributed by atoms with Crippen molar-refractivity contribution in [1.82, 2.24) is 0 Å². The van der Waals surface area contributed by atoms with E-state index < -0.39 is 10.7 Å². The maximum absolute atomic E-state index is 13.0. The number of anilines is 3. The first-order valence-corrected chi connectivity index (χ1v) is 7.70. The third-order valence-electron chi connectivity index (χ3n) is 3.61. The van der Waals surface area contributed by atoms with Gasteiger partial charge in [0.25, 0.3) is 11.6 Å². The Bertz CT molecular complexity index is 944. The molecule has 3 rings (SSSR count). The van der Waals surface area contributed by atoms with Crippen LogP contribution in [-0.2, 0) is 0 Å². The van der Waals surface area contributed by atoms with Gasteiger partial charge in [-0.1, -0.05) is 18.2 Å². The quantitative estimate of drug-likeness (QED) is 0.514. The van der Waals surface area contributed by atoms with Crippen LogP contribution >= 0.6 is 0 Å². The summed E-state index contributed by atoms with van der Waals surface area (Å²) in [5.41, 5.74) is 1.29. The molecule has 0 fully saturated rings. The minimum absolute atomic E-state index is 0.208. The number of nitrogens with zero attached hydrogens (tertiary/aromatic N) is 1.